The number of benzene rings is 1. The third-order valence-corrected chi connectivity index (χ3v) is 2.89. The SMILES string of the molecule is OCCOCCOc1ccc2c(c1)CC[C@H]2O. The van der Waals surface area contributed by atoms with Crippen LogP contribution >= 0.6 is 0 Å². The van der Waals surface area contributed by atoms with E-state index >= 15 is 0 Å². The summed E-state index contributed by atoms with van der Waals surface area (Å²) in [6.07, 6.45) is 1.40. The first-order valence-electron chi connectivity index (χ1n) is 5.93. The zero-order chi connectivity index (χ0) is 12.1. The highest BCUT2D eigenvalue weighted by Crippen LogP contribution is 2.33. The van der Waals surface area contributed by atoms with Crippen LogP contribution in [0.4, 0.5) is 0 Å². The van der Waals surface area contributed by atoms with Gasteiger partial charge in [-0.1, -0.05) is 6.07 Å². The van der Waals surface area contributed by atoms with Crippen LogP contribution in [0.25, 0.3) is 0 Å². The molecule has 0 amide bonds. The van der Waals surface area contributed by atoms with Gasteiger partial charge in [-0.15, -0.1) is 0 Å². The van der Waals surface area contributed by atoms with Crippen LogP contribution in [0.5, 0.6) is 5.75 Å². The van der Waals surface area contributed by atoms with E-state index in [0.717, 1.165) is 24.2 Å². The van der Waals surface area contributed by atoms with Gasteiger partial charge in [0, 0.05) is 0 Å². The number of ether oxygens (including phenoxy) is 2. The Morgan fingerprint density at radius 1 is 1.24 bits per heavy atom. The Labute approximate surface area is 101 Å². The Bertz CT molecular complexity index is 364. The van der Waals surface area contributed by atoms with E-state index in [9.17, 15) is 5.11 Å². The molecule has 1 aliphatic rings. The third-order valence-electron chi connectivity index (χ3n) is 2.89. The smallest absolute Gasteiger partial charge is 0.119 e. The number of hydrogen-bond donors (Lipinski definition) is 2. The van der Waals surface area contributed by atoms with Crippen LogP contribution in [0, 0.1) is 0 Å². The molecule has 0 fully saturated rings. The molecule has 2 rings (SSSR count). The van der Waals surface area contributed by atoms with Crippen molar-refractivity contribution in [2.75, 3.05) is 26.4 Å². The molecular formula is C13H18O4. The lowest BCUT2D eigenvalue weighted by Crippen LogP contribution is -2.09. The number of hydrogen-bond acceptors (Lipinski definition) is 4. The van der Waals surface area contributed by atoms with Gasteiger partial charge >= 0.3 is 0 Å². The monoisotopic (exact) mass is 238 g/mol. The topological polar surface area (TPSA) is 58.9 Å². The van der Waals surface area contributed by atoms with Crippen LogP contribution in [0.1, 0.15) is 23.7 Å². The molecule has 1 aliphatic carbocycles. The quantitative estimate of drug-likeness (QED) is 0.727. The van der Waals surface area contributed by atoms with Crippen molar-refractivity contribution in [3.05, 3.63) is 29.3 Å². The zero-order valence-electron chi connectivity index (χ0n) is 9.76. The van der Waals surface area contributed by atoms with Crippen LogP contribution in [0.3, 0.4) is 0 Å². The van der Waals surface area contributed by atoms with Gasteiger partial charge in [0.2, 0.25) is 0 Å². The van der Waals surface area contributed by atoms with Crippen molar-refractivity contribution >= 4 is 0 Å². The first-order valence-corrected chi connectivity index (χ1v) is 5.93. The van der Waals surface area contributed by atoms with Crippen LogP contribution in [0.15, 0.2) is 18.2 Å². The van der Waals surface area contributed by atoms with Crippen molar-refractivity contribution in [3.63, 3.8) is 0 Å². The summed E-state index contributed by atoms with van der Waals surface area (Å²) in [5.41, 5.74) is 2.19. The largest absolute Gasteiger partial charge is 0.491 e. The minimum Gasteiger partial charge on any atom is -0.491 e. The molecule has 1 atom stereocenters. The molecule has 2 N–H and O–H groups in total. The van der Waals surface area contributed by atoms with E-state index in [-0.39, 0.29) is 12.7 Å². The lowest BCUT2D eigenvalue weighted by Gasteiger charge is -2.09. The second-order valence-electron chi connectivity index (χ2n) is 4.10. The third kappa shape index (κ3) is 3.19. The fourth-order valence-corrected chi connectivity index (χ4v) is 2.05. The fourth-order valence-electron chi connectivity index (χ4n) is 2.05. The Morgan fingerprint density at radius 2 is 2.12 bits per heavy atom. The van der Waals surface area contributed by atoms with Crippen molar-refractivity contribution < 1.29 is 19.7 Å². The average molecular weight is 238 g/mol. The zero-order valence-corrected chi connectivity index (χ0v) is 9.76. The highest BCUT2D eigenvalue weighted by Gasteiger charge is 2.20. The molecule has 0 saturated carbocycles. The van der Waals surface area contributed by atoms with Gasteiger partial charge in [-0.3, -0.25) is 0 Å². The van der Waals surface area contributed by atoms with E-state index in [1.807, 2.05) is 18.2 Å². The van der Waals surface area contributed by atoms with E-state index in [1.165, 1.54) is 5.56 Å². The summed E-state index contributed by atoms with van der Waals surface area (Å²) < 4.78 is 10.6. The molecule has 0 radical (unpaired) electrons. The highest BCUT2D eigenvalue weighted by atomic mass is 16.5. The first-order chi connectivity index (χ1) is 8.31. The Morgan fingerprint density at radius 3 is 2.94 bits per heavy atom. The van der Waals surface area contributed by atoms with E-state index in [1.54, 1.807) is 0 Å². The molecule has 4 heteroatoms. The summed E-state index contributed by atoms with van der Waals surface area (Å²) in [5, 5.41) is 18.2. The van der Waals surface area contributed by atoms with Gasteiger partial charge in [0.05, 0.1) is 25.9 Å². The number of aliphatic hydroxyl groups is 2. The fraction of sp³-hybridized carbons (Fsp3) is 0.538. The summed E-state index contributed by atoms with van der Waals surface area (Å²) in [6, 6.07) is 5.79. The van der Waals surface area contributed by atoms with Crippen molar-refractivity contribution in [2.24, 2.45) is 0 Å². The predicted molar refractivity (Wildman–Crippen MR) is 63.1 cm³/mol. The maximum atomic E-state index is 9.66. The number of aliphatic hydroxyl groups excluding tert-OH is 2. The second kappa shape index (κ2) is 6.00. The molecular weight excluding hydrogens is 220 g/mol. The molecule has 0 heterocycles. The molecule has 17 heavy (non-hydrogen) atoms. The number of fused-ring (bicyclic) bond motifs is 1. The molecule has 0 bridgehead atoms. The number of rotatable bonds is 6. The van der Waals surface area contributed by atoms with Gasteiger partial charge in [-0.25, -0.2) is 0 Å². The van der Waals surface area contributed by atoms with Crippen molar-refractivity contribution in [1.29, 1.82) is 0 Å². The molecule has 0 spiro atoms. The van der Waals surface area contributed by atoms with E-state index < -0.39 is 0 Å². The van der Waals surface area contributed by atoms with Crippen molar-refractivity contribution in [3.8, 4) is 5.75 Å². The molecule has 0 aliphatic heterocycles. The average Bonchev–Trinajstić information content (AvgIpc) is 2.71. The minimum absolute atomic E-state index is 0.0384. The molecule has 1 aromatic carbocycles. The van der Waals surface area contributed by atoms with E-state index in [4.69, 9.17) is 14.6 Å². The van der Waals surface area contributed by atoms with E-state index in [2.05, 4.69) is 0 Å². The second-order valence-corrected chi connectivity index (χ2v) is 4.10. The predicted octanol–water partition coefficient (Wildman–Crippen LogP) is 1.05. The maximum absolute atomic E-state index is 9.66. The molecule has 1 aromatic rings. The van der Waals surface area contributed by atoms with Gasteiger partial charge in [0.25, 0.3) is 0 Å². The minimum atomic E-state index is -0.313. The highest BCUT2D eigenvalue weighted by molar-refractivity contribution is 5.39. The van der Waals surface area contributed by atoms with Crippen LogP contribution < -0.4 is 4.74 Å². The normalized spacial score (nSPS) is 18.1. The summed E-state index contributed by atoms with van der Waals surface area (Å²) in [5.74, 6) is 0.811. The van der Waals surface area contributed by atoms with Crippen LogP contribution in [0.2, 0.25) is 0 Å². The number of aryl methyl sites for hydroxylation is 1. The standard InChI is InChI=1S/C13H18O4/c14-5-6-16-7-8-17-11-2-3-12-10(9-11)1-4-13(12)15/h2-3,9,13-15H,1,4-8H2/t13-/m1/s1. The van der Waals surface area contributed by atoms with Crippen molar-refractivity contribution in [1.82, 2.24) is 0 Å². The maximum Gasteiger partial charge on any atom is 0.119 e. The molecule has 4 nitrogen and oxygen atoms in total. The Kier molecular flexibility index (Phi) is 4.36. The summed E-state index contributed by atoms with van der Waals surface area (Å²) in [6.45, 7) is 1.33. The molecule has 0 saturated heterocycles. The summed E-state index contributed by atoms with van der Waals surface area (Å²) in [7, 11) is 0. The lowest BCUT2D eigenvalue weighted by atomic mass is 10.1. The van der Waals surface area contributed by atoms with Gasteiger partial charge in [-0.2, -0.15) is 0 Å². The van der Waals surface area contributed by atoms with Gasteiger partial charge in [0.1, 0.15) is 12.4 Å². The Hall–Kier alpha value is -1.10. The van der Waals surface area contributed by atoms with E-state index in [0.29, 0.717) is 19.8 Å². The molecule has 0 aromatic heterocycles. The van der Waals surface area contributed by atoms with Gasteiger partial charge in [-0.05, 0) is 36.1 Å². The molecule has 94 valence electrons. The first kappa shape index (κ1) is 12.4. The van der Waals surface area contributed by atoms with Crippen molar-refractivity contribution in [2.45, 2.75) is 18.9 Å². The molecule has 0 unspecified atom stereocenters. The van der Waals surface area contributed by atoms with Crippen LogP contribution in [-0.2, 0) is 11.2 Å². The lowest BCUT2D eigenvalue weighted by molar-refractivity contribution is 0.0705. The van der Waals surface area contributed by atoms with Gasteiger partial charge in [0.15, 0.2) is 0 Å². The van der Waals surface area contributed by atoms with Crippen LogP contribution in [-0.4, -0.2) is 36.6 Å². The summed E-state index contributed by atoms with van der Waals surface area (Å²) >= 11 is 0. The summed E-state index contributed by atoms with van der Waals surface area (Å²) in [4.78, 5) is 0. The Balaban J connectivity index is 1.82. The van der Waals surface area contributed by atoms with Gasteiger partial charge < -0.3 is 19.7 Å².